The van der Waals surface area contributed by atoms with Gasteiger partial charge in [-0.15, -0.1) is 0 Å². The maximum atomic E-state index is 11.8. The summed E-state index contributed by atoms with van der Waals surface area (Å²) in [6.07, 6.45) is 8.12. The van der Waals surface area contributed by atoms with Crippen molar-refractivity contribution in [3.05, 3.63) is 48.0 Å². The maximum Gasteiger partial charge on any atom is 0.280 e. The number of ketones is 1. The second-order valence-corrected chi connectivity index (χ2v) is 7.97. The zero-order chi connectivity index (χ0) is 21.4. The highest BCUT2D eigenvalue weighted by Crippen LogP contribution is 2.32. The molecule has 0 radical (unpaired) electrons. The van der Waals surface area contributed by atoms with Gasteiger partial charge in [-0.3, -0.25) is 4.79 Å². The smallest absolute Gasteiger partial charge is 0.280 e. The summed E-state index contributed by atoms with van der Waals surface area (Å²) in [5, 5.41) is 9.24. The summed E-state index contributed by atoms with van der Waals surface area (Å²) in [6.45, 7) is 6.68. The number of pyridine rings is 1. The molecule has 0 aromatic carbocycles. The lowest BCUT2D eigenvalue weighted by Gasteiger charge is -2.10. The summed E-state index contributed by atoms with van der Waals surface area (Å²) < 4.78 is 13.0. The van der Waals surface area contributed by atoms with Crippen LogP contribution in [-0.4, -0.2) is 30.6 Å². The Morgan fingerprint density at radius 3 is 3.00 bits per heavy atom. The summed E-state index contributed by atoms with van der Waals surface area (Å²) in [7, 11) is 0. The molecule has 8 nitrogen and oxygen atoms in total. The minimum Gasteiger partial charge on any atom is -0.360 e. The Labute approximate surface area is 178 Å². The molecule has 0 spiro atoms. The van der Waals surface area contributed by atoms with Crippen molar-refractivity contribution in [3.63, 3.8) is 0 Å². The minimum atomic E-state index is 0.277. The number of aryl methyl sites for hydroxylation is 1. The second-order valence-electron chi connectivity index (χ2n) is 7.97. The number of fused-ring (bicyclic) bond motifs is 2. The molecule has 1 aliphatic rings. The van der Waals surface area contributed by atoms with Crippen LogP contribution in [-0.2, 0) is 24.2 Å². The van der Waals surface area contributed by atoms with Crippen LogP contribution < -0.4 is 0 Å². The van der Waals surface area contributed by atoms with Crippen LogP contribution in [0.1, 0.15) is 43.9 Å². The average molecular weight is 417 g/mol. The van der Waals surface area contributed by atoms with Crippen molar-refractivity contribution in [2.75, 3.05) is 0 Å². The van der Waals surface area contributed by atoms with Crippen LogP contribution in [0.4, 0.5) is 0 Å². The number of hydrogen-bond donors (Lipinski definition) is 0. The van der Waals surface area contributed by atoms with Crippen molar-refractivity contribution in [2.24, 2.45) is 0 Å². The van der Waals surface area contributed by atoms with Gasteiger partial charge in [-0.2, -0.15) is 4.98 Å². The molecule has 31 heavy (non-hydrogen) atoms. The predicted molar refractivity (Wildman–Crippen MR) is 114 cm³/mol. The van der Waals surface area contributed by atoms with E-state index in [1.807, 2.05) is 29.8 Å². The summed E-state index contributed by atoms with van der Waals surface area (Å²) in [6, 6.07) is 3.96. The Kier molecular flexibility index (Phi) is 4.97. The predicted octanol–water partition coefficient (Wildman–Crippen LogP) is 4.55. The van der Waals surface area contributed by atoms with E-state index in [0.717, 1.165) is 52.8 Å². The highest BCUT2D eigenvalue weighted by Gasteiger charge is 2.25. The lowest BCUT2D eigenvalue weighted by Crippen LogP contribution is -2.04. The van der Waals surface area contributed by atoms with Crippen molar-refractivity contribution >= 4 is 16.8 Å². The highest BCUT2D eigenvalue weighted by atomic mass is 16.5. The zero-order valence-electron chi connectivity index (χ0n) is 17.4. The van der Waals surface area contributed by atoms with Gasteiger partial charge in [-0.05, 0) is 31.4 Å². The van der Waals surface area contributed by atoms with E-state index < -0.39 is 0 Å². The number of rotatable bonds is 7. The van der Waals surface area contributed by atoms with Crippen LogP contribution >= 0.6 is 0 Å². The van der Waals surface area contributed by atoms with E-state index in [9.17, 15) is 4.79 Å². The van der Waals surface area contributed by atoms with Crippen LogP contribution in [0.25, 0.3) is 34.0 Å². The average Bonchev–Trinajstić information content (AvgIpc) is 3.49. The first-order valence-corrected chi connectivity index (χ1v) is 10.6. The van der Waals surface area contributed by atoms with Crippen molar-refractivity contribution < 1.29 is 13.8 Å². The van der Waals surface area contributed by atoms with Gasteiger partial charge in [0, 0.05) is 54.7 Å². The molecule has 0 unspecified atom stereocenters. The molecule has 5 rings (SSSR count). The van der Waals surface area contributed by atoms with Crippen LogP contribution in [0, 0.1) is 0 Å². The third kappa shape index (κ3) is 3.69. The molecule has 158 valence electrons. The van der Waals surface area contributed by atoms with Crippen molar-refractivity contribution in [2.45, 2.75) is 52.0 Å². The van der Waals surface area contributed by atoms with E-state index in [1.165, 1.54) is 0 Å². The number of aromatic nitrogens is 5. The van der Waals surface area contributed by atoms with Gasteiger partial charge in [0.25, 0.3) is 5.89 Å². The van der Waals surface area contributed by atoms with Gasteiger partial charge in [0.15, 0.2) is 5.69 Å². The zero-order valence-corrected chi connectivity index (χ0v) is 17.4. The summed E-state index contributed by atoms with van der Waals surface area (Å²) in [5.74, 6) is 1.90. The van der Waals surface area contributed by atoms with Gasteiger partial charge in [0.2, 0.25) is 5.82 Å². The van der Waals surface area contributed by atoms with E-state index >= 15 is 0 Å². The van der Waals surface area contributed by atoms with Crippen molar-refractivity contribution in [1.29, 1.82) is 0 Å². The van der Waals surface area contributed by atoms with E-state index in [4.69, 9.17) is 9.05 Å². The highest BCUT2D eigenvalue weighted by molar-refractivity contribution is 5.81. The Bertz CT molecular complexity index is 1280. The molecule has 0 bridgehead atoms. The maximum absolute atomic E-state index is 11.8. The van der Waals surface area contributed by atoms with E-state index in [2.05, 4.69) is 26.9 Å². The fourth-order valence-electron chi connectivity index (χ4n) is 3.99. The largest absolute Gasteiger partial charge is 0.360 e. The molecular formula is C23H23N5O3. The molecule has 0 amide bonds. The Morgan fingerprint density at radius 1 is 1.23 bits per heavy atom. The Balaban J connectivity index is 1.38. The normalized spacial score (nSPS) is 13.6. The van der Waals surface area contributed by atoms with Crippen molar-refractivity contribution in [1.82, 2.24) is 24.8 Å². The molecule has 0 atom stereocenters. The quantitative estimate of drug-likeness (QED) is 0.407. The Morgan fingerprint density at radius 2 is 2.13 bits per heavy atom. The van der Waals surface area contributed by atoms with Gasteiger partial charge >= 0.3 is 0 Å². The van der Waals surface area contributed by atoms with E-state index in [1.54, 1.807) is 6.20 Å². The van der Waals surface area contributed by atoms with Crippen LogP contribution in [0.2, 0.25) is 0 Å². The standard InChI is InChI=1S/C23H23N5O3/c1-3-4-17(29)8-10-28-9-7-15-12-16(13-24-22(15)28)21-25-23(31-27-21)20-18-6-5-14(2)11-19(18)30-26-20/h7,9,12-13H,2-6,8,10-11H2,1H3. The first-order valence-electron chi connectivity index (χ1n) is 10.6. The first-order chi connectivity index (χ1) is 15.1. The SMILES string of the molecule is C=C1CCc2c(-c3nc(-c4cnc5c(ccn5CCC(=O)CCC)c4)no3)noc2C1. The Hall–Kier alpha value is -3.55. The molecule has 1 aliphatic carbocycles. The van der Waals surface area contributed by atoms with Crippen LogP contribution in [0.3, 0.4) is 0 Å². The third-order valence-corrected chi connectivity index (χ3v) is 5.66. The van der Waals surface area contributed by atoms with Crippen LogP contribution in [0.5, 0.6) is 0 Å². The van der Waals surface area contributed by atoms with E-state index in [-0.39, 0.29) is 5.78 Å². The number of allylic oxidation sites excluding steroid dienone is 1. The molecule has 4 aromatic rings. The molecule has 8 heteroatoms. The lowest BCUT2D eigenvalue weighted by molar-refractivity contribution is -0.119. The summed E-state index contributed by atoms with van der Waals surface area (Å²) in [5.41, 5.74) is 4.36. The topological polar surface area (TPSA) is 99.8 Å². The van der Waals surface area contributed by atoms with Gasteiger partial charge in [0.1, 0.15) is 17.2 Å². The third-order valence-electron chi connectivity index (χ3n) is 5.66. The van der Waals surface area contributed by atoms with Gasteiger partial charge in [-0.25, -0.2) is 4.98 Å². The number of hydrogen-bond acceptors (Lipinski definition) is 7. The molecule has 0 N–H and O–H groups in total. The van der Waals surface area contributed by atoms with Gasteiger partial charge in [0.05, 0.1) is 0 Å². The van der Waals surface area contributed by atoms with Crippen LogP contribution in [0.15, 0.2) is 45.7 Å². The molecular weight excluding hydrogens is 394 g/mol. The summed E-state index contributed by atoms with van der Waals surface area (Å²) >= 11 is 0. The first kappa shape index (κ1) is 19.4. The number of carbonyl (C=O) groups excluding carboxylic acids is 1. The van der Waals surface area contributed by atoms with Gasteiger partial charge in [-0.1, -0.05) is 29.4 Å². The molecule has 0 saturated carbocycles. The number of Topliss-reactive ketones (excluding diaryl/α,β-unsaturated/α-hetero) is 1. The summed E-state index contributed by atoms with van der Waals surface area (Å²) in [4.78, 5) is 20.9. The van der Waals surface area contributed by atoms with E-state index in [0.29, 0.717) is 43.2 Å². The number of nitrogens with zero attached hydrogens (tertiary/aromatic N) is 5. The molecule has 0 saturated heterocycles. The van der Waals surface area contributed by atoms with Crippen molar-refractivity contribution in [3.8, 4) is 23.0 Å². The van der Waals surface area contributed by atoms with Gasteiger partial charge < -0.3 is 13.6 Å². The lowest BCUT2D eigenvalue weighted by atomic mass is 9.93. The monoisotopic (exact) mass is 417 g/mol. The fourth-order valence-corrected chi connectivity index (χ4v) is 3.99. The molecule has 4 heterocycles. The molecule has 4 aromatic heterocycles. The minimum absolute atomic E-state index is 0.277. The number of carbonyl (C=O) groups is 1. The molecule has 0 fully saturated rings. The fraction of sp³-hybridized carbons (Fsp3) is 0.348. The second kappa shape index (κ2) is 7.94. The molecule has 0 aliphatic heterocycles.